The number of piperidine rings is 3. The van der Waals surface area contributed by atoms with Crippen molar-refractivity contribution < 1.29 is 27.6 Å². The van der Waals surface area contributed by atoms with E-state index in [0.29, 0.717) is 51.6 Å². The van der Waals surface area contributed by atoms with Crippen LogP contribution < -0.4 is 16.4 Å². The Morgan fingerprint density at radius 1 is 1.00 bits per heavy atom. The lowest BCUT2D eigenvalue weighted by atomic mass is 9.97. The molecule has 1 aromatic heterocycles. The van der Waals surface area contributed by atoms with E-state index in [0.717, 1.165) is 42.6 Å². The number of nitrogens with zero attached hydrogens (tertiary/aromatic N) is 4. The molecule has 1 aromatic carbocycles. The summed E-state index contributed by atoms with van der Waals surface area (Å²) in [5.41, 5.74) is 5.23. The van der Waals surface area contributed by atoms with Gasteiger partial charge in [0.2, 0.25) is 5.91 Å². The first-order valence-electron chi connectivity index (χ1n) is 16.4. The number of halogens is 4. The molecule has 3 saturated heterocycles. The Hall–Kier alpha value is -3.23. The highest BCUT2D eigenvalue weighted by Crippen LogP contribution is 2.38. The van der Waals surface area contributed by atoms with Crippen molar-refractivity contribution in [3.05, 3.63) is 45.3 Å². The van der Waals surface area contributed by atoms with E-state index in [2.05, 4.69) is 15.5 Å². The third-order valence-corrected chi connectivity index (χ3v) is 11.2. The molecule has 0 unspecified atom stereocenters. The Bertz CT molecular complexity index is 1470. The minimum Gasteiger partial charge on any atom is -0.397 e. The molecule has 0 aliphatic carbocycles. The van der Waals surface area contributed by atoms with E-state index in [4.69, 9.17) is 17.3 Å². The van der Waals surface area contributed by atoms with Crippen molar-refractivity contribution in [2.45, 2.75) is 82.2 Å². The smallest absolute Gasteiger partial charge is 0.397 e. The number of carbonyl (C=O) groups is 3. The Morgan fingerprint density at radius 3 is 2.34 bits per heavy atom. The first-order chi connectivity index (χ1) is 22.5. The molecule has 5 heterocycles. The molecule has 47 heavy (non-hydrogen) atoms. The summed E-state index contributed by atoms with van der Waals surface area (Å²) < 4.78 is 41.3. The number of nitrogens with two attached hydrogens (primary N) is 1. The highest BCUT2D eigenvalue weighted by molar-refractivity contribution is 7.14. The fourth-order valence-electron chi connectivity index (χ4n) is 7.33. The molecular weight excluding hydrogens is 655 g/mol. The number of hydrogen-bond acceptors (Lipinski definition) is 6. The largest absolute Gasteiger partial charge is 0.418 e. The van der Waals surface area contributed by atoms with Gasteiger partial charge in [-0.3, -0.25) is 10.1 Å². The lowest BCUT2D eigenvalue weighted by molar-refractivity contribution is -0.137. The quantitative estimate of drug-likeness (QED) is 0.340. The molecule has 10 nitrogen and oxygen atoms in total. The number of amides is 5. The second-order valence-corrected chi connectivity index (χ2v) is 14.3. The third-order valence-electron chi connectivity index (χ3n) is 9.97. The molecule has 3 fully saturated rings. The molecule has 1 atom stereocenters. The van der Waals surface area contributed by atoms with Crippen LogP contribution >= 0.6 is 22.9 Å². The maximum Gasteiger partial charge on any atom is 0.418 e. The molecule has 0 bridgehead atoms. The van der Waals surface area contributed by atoms with Crippen LogP contribution in [0.5, 0.6) is 0 Å². The van der Waals surface area contributed by atoms with Crippen LogP contribution in [-0.2, 0) is 23.9 Å². The zero-order valence-corrected chi connectivity index (χ0v) is 27.7. The normalized spacial score (nSPS) is 20.9. The molecule has 4 aliphatic rings. The zero-order valence-electron chi connectivity index (χ0n) is 26.2. The summed E-state index contributed by atoms with van der Waals surface area (Å²) in [6, 6.07) is 2.85. The van der Waals surface area contributed by atoms with Crippen molar-refractivity contribution in [1.82, 2.24) is 24.9 Å². The number of alkyl halides is 3. The highest BCUT2D eigenvalue weighted by atomic mass is 35.5. The van der Waals surface area contributed by atoms with Crippen molar-refractivity contribution in [2.75, 3.05) is 50.3 Å². The zero-order chi connectivity index (χ0) is 33.3. The first-order valence-corrected chi connectivity index (χ1v) is 17.6. The van der Waals surface area contributed by atoms with Crippen LogP contribution in [0.2, 0.25) is 5.02 Å². The van der Waals surface area contributed by atoms with Gasteiger partial charge in [-0.25, -0.2) is 9.59 Å². The summed E-state index contributed by atoms with van der Waals surface area (Å²) in [7, 11) is 0. The molecule has 256 valence electrons. The van der Waals surface area contributed by atoms with E-state index in [1.54, 1.807) is 14.7 Å². The number of rotatable bonds is 6. The maximum absolute atomic E-state index is 14.0. The van der Waals surface area contributed by atoms with Gasteiger partial charge in [-0.15, -0.1) is 11.3 Å². The first kappa shape index (κ1) is 33.7. The minimum absolute atomic E-state index is 0.0524. The predicted molar refractivity (Wildman–Crippen MR) is 175 cm³/mol. The summed E-state index contributed by atoms with van der Waals surface area (Å²) in [6.45, 7) is 4.39. The summed E-state index contributed by atoms with van der Waals surface area (Å²) in [5.74, 6) is -0.330. The molecule has 4 N–H and O–H groups in total. The van der Waals surface area contributed by atoms with Gasteiger partial charge in [0.15, 0.2) is 0 Å². The average Bonchev–Trinajstić information content (AvgIpc) is 3.52. The van der Waals surface area contributed by atoms with Gasteiger partial charge in [-0.2, -0.15) is 13.2 Å². The van der Waals surface area contributed by atoms with Crippen molar-refractivity contribution in [1.29, 1.82) is 0 Å². The molecule has 0 saturated carbocycles. The molecule has 2 aromatic rings. The van der Waals surface area contributed by atoms with Crippen molar-refractivity contribution in [3.8, 4) is 0 Å². The molecule has 6 rings (SSSR count). The Kier molecular flexibility index (Phi) is 10.1. The van der Waals surface area contributed by atoms with Gasteiger partial charge in [0.05, 0.1) is 22.8 Å². The Morgan fingerprint density at radius 2 is 1.66 bits per heavy atom. The second-order valence-electron chi connectivity index (χ2n) is 12.9. The number of hydrogen-bond donors (Lipinski definition) is 3. The molecule has 0 radical (unpaired) electrons. The van der Waals surface area contributed by atoms with Gasteiger partial charge >= 0.3 is 18.2 Å². The number of benzene rings is 1. The molecule has 5 amide bonds. The van der Waals surface area contributed by atoms with Crippen LogP contribution in [0.3, 0.4) is 0 Å². The van der Waals surface area contributed by atoms with Crippen molar-refractivity contribution in [2.24, 2.45) is 0 Å². The standard InChI is InChI=1S/C32H41ClF3N7O3S/c33-25-17-20(16-24(27(25)37)32(34,35)36)18-26(29(44)41-11-4-22(5-12-41)40-9-2-1-3-10-40)38-30(45)42-13-6-23(7-14-42)43-19-21-8-15-47-28(21)39-31(43)46/h8,15-17,22-23,26H,1-7,9-14,18-19,37H2,(H,38,45)(H,39,46)/t26-/m1/s1. The highest BCUT2D eigenvalue weighted by Gasteiger charge is 2.38. The van der Waals surface area contributed by atoms with E-state index >= 15 is 0 Å². The van der Waals surface area contributed by atoms with Crippen LogP contribution in [0.15, 0.2) is 23.6 Å². The number of fused-ring (bicyclic) bond motifs is 1. The van der Waals surface area contributed by atoms with Gasteiger partial charge in [-0.05, 0) is 80.8 Å². The molecular formula is C32H41ClF3N7O3S. The van der Waals surface area contributed by atoms with Crippen molar-refractivity contribution in [3.63, 3.8) is 0 Å². The minimum atomic E-state index is -4.73. The van der Waals surface area contributed by atoms with Gasteiger partial charge in [-0.1, -0.05) is 18.0 Å². The van der Waals surface area contributed by atoms with Gasteiger partial charge in [0.1, 0.15) is 11.0 Å². The Labute approximate surface area is 281 Å². The van der Waals surface area contributed by atoms with Gasteiger partial charge in [0, 0.05) is 50.2 Å². The SMILES string of the molecule is Nc1c(Cl)cc(C[C@@H](NC(=O)N2CCC(N3Cc4ccsc4NC3=O)CC2)C(=O)N2CCC(N3CCCCC3)CC2)cc1C(F)(F)F. The van der Waals surface area contributed by atoms with E-state index in [1.165, 1.54) is 36.7 Å². The van der Waals surface area contributed by atoms with Crippen LogP contribution in [0, 0.1) is 0 Å². The molecule has 4 aliphatic heterocycles. The van der Waals surface area contributed by atoms with E-state index in [1.807, 2.05) is 11.4 Å². The number of nitrogen functional groups attached to an aromatic ring is 1. The third kappa shape index (κ3) is 7.59. The number of thiophene rings is 1. The van der Waals surface area contributed by atoms with Crippen LogP contribution in [0.1, 0.15) is 61.6 Å². The number of carbonyl (C=O) groups excluding carboxylic acids is 3. The monoisotopic (exact) mass is 695 g/mol. The number of urea groups is 2. The predicted octanol–water partition coefficient (Wildman–Crippen LogP) is 5.61. The van der Waals surface area contributed by atoms with Crippen molar-refractivity contribution >= 4 is 51.6 Å². The fraction of sp³-hybridized carbons (Fsp3) is 0.594. The summed E-state index contributed by atoms with van der Waals surface area (Å²) in [5, 5.41) is 8.33. The lowest BCUT2D eigenvalue weighted by Crippen LogP contribution is -2.57. The maximum atomic E-state index is 14.0. The number of nitrogens with one attached hydrogen (secondary N) is 2. The summed E-state index contributed by atoms with van der Waals surface area (Å²) in [6.07, 6.45) is 1.42. The van der Waals surface area contributed by atoms with Crippen LogP contribution in [-0.4, -0.2) is 95.0 Å². The Balaban J connectivity index is 1.13. The van der Waals surface area contributed by atoms with Gasteiger partial charge in [0.25, 0.3) is 0 Å². The summed E-state index contributed by atoms with van der Waals surface area (Å²) in [4.78, 5) is 47.9. The molecule has 15 heteroatoms. The van der Waals surface area contributed by atoms with Crippen LogP contribution in [0.4, 0.5) is 33.4 Å². The fourth-order valence-corrected chi connectivity index (χ4v) is 8.37. The summed E-state index contributed by atoms with van der Waals surface area (Å²) >= 11 is 7.60. The van der Waals surface area contributed by atoms with E-state index in [9.17, 15) is 27.6 Å². The van der Waals surface area contributed by atoms with Crippen LogP contribution in [0.25, 0.3) is 0 Å². The van der Waals surface area contributed by atoms with Gasteiger partial charge < -0.3 is 30.7 Å². The topological polar surface area (TPSA) is 114 Å². The molecule has 0 spiro atoms. The van der Waals surface area contributed by atoms with E-state index in [-0.39, 0.29) is 35.0 Å². The number of anilines is 2. The second kappa shape index (κ2) is 14.1. The lowest BCUT2D eigenvalue weighted by Gasteiger charge is -2.41. The average molecular weight is 696 g/mol. The van der Waals surface area contributed by atoms with E-state index < -0.39 is 29.5 Å². The number of likely N-dealkylation sites (tertiary alicyclic amines) is 3.